The third kappa shape index (κ3) is 2.31. The minimum absolute atomic E-state index is 0.0189. The number of likely N-dealkylation sites (N-methyl/N-ethyl adjacent to an activating group) is 1. The second kappa shape index (κ2) is 6.09. The van der Waals surface area contributed by atoms with Crippen molar-refractivity contribution >= 4 is 31.6 Å². The number of nitrogens with one attached hydrogen (secondary N) is 1. The fourth-order valence-corrected chi connectivity index (χ4v) is 7.15. The summed E-state index contributed by atoms with van der Waals surface area (Å²) in [6, 6.07) is 3.38. The minimum atomic E-state index is -3.69. The average molecular weight is 445 g/mol. The van der Waals surface area contributed by atoms with Crippen LogP contribution in [0.4, 0.5) is 5.69 Å². The van der Waals surface area contributed by atoms with E-state index in [1.165, 1.54) is 7.11 Å². The molecule has 5 rings (SSSR count). The first-order valence-corrected chi connectivity index (χ1v) is 11.2. The molecule has 2 bridgehead atoms. The molecule has 0 saturated heterocycles. The van der Waals surface area contributed by atoms with Crippen molar-refractivity contribution < 1.29 is 17.9 Å². The highest BCUT2D eigenvalue weighted by molar-refractivity contribution is 9.10. The Balaban J connectivity index is 1.83. The van der Waals surface area contributed by atoms with Gasteiger partial charge in [0.25, 0.3) is 0 Å². The van der Waals surface area contributed by atoms with Crippen LogP contribution >= 0.6 is 15.9 Å². The highest BCUT2D eigenvalue weighted by atomic mass is 79.9. The maximum atomic E-state index is 13.5. The van der Waals surface area contributed by atoms with Gasteiger partial charge < -0.3 is 14.8 Å². The smallest absolute Gasteiger partial charge is 0.245 e. The fourth-order valence-electron chi connectivity index (χ4n) is 4.91. The molecule has 1 aliphatic heterocycles. The molecule has 1 unspecified atom stereocenters. The Labute approximate surface area is 163 Å². The van der Waals surface area contributed by atoms with E-state index in [9.17, 15) is 8.42 Å². The van der Waals surface area contributed by atoms with E-state index < -0.39 is 15.6 Å². The van der Waals surface area contributed by atoms with Crippen LogP contribution in [0.25, 0.3) is 0 Å². The van der Waals surface area contributed by atoms with Crippen LogP contribution in [0, 0.1) is 11.3 Å². The molecule has 1 heterocycles. The van der Waals surface area contributed by atoms with E-state index in [2.05, 4.69) is 21.2 Å². The fraction of sp³-hybridized carbons (Fsp3) is 0.667. The van der Waals surface area contributed by atoms with Crippen LogP contribution < -0.4 is 10.1 Å². The number of sulfonamides is 1. The van der Waals surface area contributed by atoms with Crippen LogP contribution in [-0.4, -0.2) is 52.2 Å². The summed E-state index contributed by atoms with van der Waals surface area (Å²) in [6.45, 7) is 3.47. The van der Waals surface area contributed by atoms with Gasteiger partial charge in [0.1, 0.15) is 10.6 Å². The Hall–Kier alpha value is -0.830. The number of benzene rings is 1. The SMILES string of the molecule is CCOCC1(C23CC(C2)C3)CNc2cc(Br)c(OC)cc2S(=O)(=O)N1C. The number of fused-ring (bicyclic) bond motifs is 1. The summed E-state index contributed by atoms with van der Waals surface area (Å²) < 4.78 is 40.6. The van der Waals surface area contributed by atoms with E-state index in [-0.39, 0.29) is 10.3 Å². The Bertz CT molecular complexity index is 827. The lowest BCUT2D eigenvalue weighted by Crippen LogP contribution is -2.75. The second-order valence-electron chi connectivity index (χ2n) is 7.74. The van der Waals surface area contributed by atoms with Crippen molar-refractivity contribution in [2.45, 2.75) is 36.6 Å². The predicted octanol–water partition coefficient (Wildman–Crippen LogP) is 3.08. The highest BCUT2D eigenvalue weighted by Gasteiger charge is 2.70. The van der Waals surface area contributed by atoms with Crippen LogP contribution in [-0.2, 0) is 14.8 Å². The van der Waals surface area contributed by atoms with E-state index >= 15 is 0 Å². The lowest BCUT2D eigenvalue weighted by Gasteiger charge is -2.71. The van der Waals surface area contributed by atoms with E-state index in [0.29, 0.717) is 31.2 Å². The molecule has 0 radical (unpaired) electrons. The molecule has 3 fully saturated rings. The number of anilines is 1. The van der Waals surface area contributed by atoms with E-state index in [4.69, 9.17) is 9.47 Å². The summed E-state index contributed by atoms with van der Waals surface area (Å²) in [4.78, 5) is 0.255. The summed E-state index contributed by atoms with van der Waals surface area (Å²) in [5, 5.41) is 3.42. The third-order valence-electron chi connectivity index (χ3n) is 6.64. The molecule has 4 aliphatic rings. The molecule has 3 saturated carbocycles. The van der Waals surface area contributed by atoms with Gasteiger partial charge in [-0.15, -0.1) is 0 Å². The van der Waals surface area contributed by atoms with Crippen molar-refractivity contribution in [2.24, 2.45) is 11.3 Å². The average Bonchev–Trinajstić information content (AvgIpc) is 2.59. The first kappa shape index (κ1) is 18.5. The van der Waals surface area contributed by atoms with Gasteiger partial charge in [-0.1, -0.05) is 0 Å². The Morgan fingerprint density at radius 1 is 1.35 bits per heavy atom. The zero-order chi connectivity index (χ0) is 18.7. The van der Waals surface area contributed by atoms with Gasteiger partial charge in [-0.25, -0.2) is 8.42 Å². The topological polar surface area (TPSA) is 67.9 Å². The molecular formula is C18H25BrN2O4S. The van der Waals surface area contributed by atoms with Crippen molar-refractivity contribution in [3.8, 4) is 5.75 Å². The molecule has 0 aromatic heterocycles. The number of hydrogen-bond acceptors (Lipinski definition) is 5. The standard InChI is InChI=1S/C18H25BrN2O4S/c1-4-25-11-18(17-7-12(8-17)9-17)10-20-14-5-13(19)15(24-3)6-16(14)26(22,23)21(18)2/h5-6,12,20H,4,7-11H2,1-3H3. The first-order valence-electron chi connectivity index (χ1n) is 8.98. The first-order chi connectivity index (χ1) is 12.3. The van der Waals surface area contributed by atoms with Crippen molar-refractivity contribution in [1.29, 1.82) is 0 Å². The zero-order valence-electron chi connectivity index (χ0n) is 15.3. The van der Waals surface area contributed by atoms with Gasteiger partial charge in [0.2, 0.25) is 10.0 Å². The maximum absolute atomic E-state index is 13.5. The Morgan fingerprint density at radius 3 is 2.58 bits per heavy atom. The molecular weight excluding hydrogens is 420 g/mol. The normalized spacial score (nSPS) is 34.7. The Kier molecular flexibility index (Phi) is 4.34. The molecule has 0 spiro atoms. The van der Waals surface area contributed by atoms with Crippen molar-refractivity contribution in [3.05, 3.63) is 16.6 Å². The lowest BCUT2D eigenvalue weighted by atomic mass is 9.38. The molecule has 1 aromatic carbocycles. The van der Waals surface area contributed by atoms with Crippen LogP contribution in [0.3, 0.4) is 0 Å². The van der Waals surface area contributed by atoms with Gasteiger partial charge in [0.05, 0.1) is 29.4 Å². The van der Waals surface area contributed by atoms with Crippen LogP contribution in [0.2, 0.25) is 0 Å². The van der Waals surface area contributed by atoms with Gasteiger partial charge in [0, 0.05) is 26.3 Å². The number of nitrogens with zero attached hydrogens (tertiary/aromatic N) is 1. The molecule has 3 aliphatic carbocycles. The molecule has 26 heavy (non-hydrogen) atoms. The third-order valence-corrected chi connectivity index (χ3v) is 9.22. The number of halogens is 1. The Morgan fingerprint density at radius 2 is 2.04 bits per heavy atom. The van der Waals surface area contributed by atoms with E-state index in [1.807, 2.05) is 6.92 Å². The predicted molar refractivity (Wildman–Crippen MR) is 103 cm³/mol. The number of hydrogen-bond donors (Lipinski definition) is 1. The monoisotopic (exact) mass is 444 g/mol. The summed E-state index contributed by atoms with van der Waals surface area (Å²) in [5.41, 5.74) is 0.0508. The van der Waals surface area contributed by atoms with Crippen LogP contribution in [0.5, 0.6) is 5.75 Å². The van der Waals surface area contributed by atoms with Crippen molar-refractivity contribution in [3.63, 3.8) is 0 Å². The summed E-state index contributed by atoms with van der Waals surface area (Å²) in [7, 11) is -0.445. The van der Waals surface area contributed by atoms with Gasteiger partial charge in [-0.2, -0.15) is 4.31 Å². The van der Waals surface area contributed by atoms with Gasteiger partial charge in [-0.3, -0.25) is 0 Å². The highest BCUT2D eigenvalue weighted by Crippen LogP contribution is 2.71. The zero-order valence-corrected chi connectivity index (χ0v) is 17.7. The minimum Gasteiger partial charge on any atom is -0.496 e. The number of methoxy groups -OCH3 is 1. The van der Waals surface area contributed by atoms with Crippen LogP contribution in [0.15, 0.2) is 21.5 Å². The second-order valence-corrected chi connectivity index (χ2v) is 10.5. The molecule has 6 nitrogen and oxygen atoms in total. The van der Waals surface area contributed by atoms with Gasteiger partial charge in [0.15, 0.2) is 0 Å². The van der Waals surface area contributed by atoms with Crippen molar-refractivity contribution in [1.82, 2.24) is 4.31 Å². The molecule has 8 heteroatoms. The quantitative estimate of drug-likeness (QED) is 0.755. The summed E-state index contributed by atoms with van der Waals surface area (Å²) in [5.74, 6) is 1.26. The van der Waals surface area contributed by atoms with E-state index in [1.54, 1.807) is 23.5 Å². The van der Waals surface area contributed by atoms with Crippen LogP contribution in [0.1, 0.15) is 26.2 Å². The molecule has 1 atom stereocenters. The van der Waals surface area contributed by atoms with Gasteiger partial charge in [-0.05, 0) is 59.5 Å². The summed E-state index contributed by atoms with van der Waals surface area (Å²) >= 11 is 3.46. The molecule has 1 N–H and O–H groups in total. The molecule has 144 valence electrons. The maximum Gasteiger partial charge on any atom is 0.245 e. The molecule has 1 aromatic rings. The lowest BCUT2D eigenvalue weighted by molar-refractivity contribution is -0.204. The largest absolute Gasteiger partial charge is 0.496 e. The molecule has 0 amide bonds. The van der Waals surface area contributed by atoms with Gasteiger partial charge >= 0.3 is 0 Å². The number of rotatable bonds is 5. The summed E-state index contributed by atoms with van der Waals surface area (Å²) in [6.07, 6.45) is 3.26. The van der Waals surface area contributed by atoms with Crippen molar-refractivity contribution in [2.75, 3.05) is 39.2 Å². The van der Waals surface area contributed by atoms with E-state index in [0.717, 1.165) is 29.7 Å². The number of ether oxygens (including phenoxy) is 2.